The van der Waals surface area contributed by atoms with Crippen molar-refractivity contribution in [2.75, 3.05) is 13.2 Å². The molecule has 2 aromatic carbocycles. The Hall–Kier alpha value is -2.33. The third-order valence-electron chi connectivity index (χ3n) is 6.06. The van der Waals surface area contributed by atoms with E-state index in [1.807, 2.05) is 17.0 Å². The van der Waals surface area contributed by atoms with Gasteiger partial charge in [0.15, 0.2) is 0 Å². The minimum Gasteiger partial charge on any atom is -0.448 e. The Balaban J connectivity index is 1.50. The average molecular weight is 380 g/mol. The number of aliphatic hydroxyl groups is 1. The van der Waals surface area contributed by atoms with Crippen molar-refractivity contribution in [3.8, 4) is 11.1 Å². The number of benzene rings is 2. The van der Waals surface area contributed by atoms with Crippen molar-refractivity contribution in [2.24, 2.45) is 0 Å². The van der Waals surface area contributed by atoms with E-state index < -0.39 is 6.10 Å². The number of carbonyl (C=O) groups excluding carboxylic acids is 1. The van der Waals surface area contributed by atoms with Crippen molar-refractivity contribution in [3.05, 3.63) is 59.7 Å². The van der Waals surface area contributed by atoms with Gasteiger partial charge in [0.2, 0.25) is 0 Å². The monoisotopic (exact) mass is 379 g/mol. The molecule has 2 unspecified atom stereocenters. The number of carbonyl (C=O) groups is 1. The smallest absolute Gasteiger partial charge is 0.410 e. The van der Waals surface area contributed by atoms with Crippen LogP contribution in [-0.2, 0) is 4.74 Å². The normalized spacial score (nSPS) is 20.2. The molecule has 2 atom stereocenters. The number of fused-ring (bicyclic) bond motifs is 3. The minimum absolute atomic E-state index is 0.0677. The topological polar surface area (TPSA) is 49.8 Å². The van der Waals surface area contributed by atoms with Crippen molar-refractivity contribution in [3.63, 3.8) is 0 Å². The molecule has 0 saturated carbocycles. The third-order valence-corrected chi connectivity index (χ3v) is 6.06. The Morgan fingerprint density at radius 1 is 1.07 bits per heavy atom. The fourth-order valence-electron chi connectivity index (χ4n) is 4.73. The van der Waals surface area contributed by atoms with Gasteiger partial charge < -0.3 is 14.7 Å². The standard InChI is InChI=1S/C24H29NO3/c1-17(26)15-18-9-3-2-8-14-25(18)24(27)28-16-23-21-12-6-4-10-19(21)20-11-5-7-13-22(20)23/h4-7,10-13,17-18,23,26H,2-3,8-9,14-16H2,1H3. The van der Waals surface area contributed by atoms with Gasteiger partial charge in [-0.3, -0.25) is 0 Å². The largest absolute Gasteiger partial charge is 0.448 e. The molecule has 2 aromatic rings. The number of rotatable bonds is 4. The Labute approximate surface area is 167 Å². The van der Waals surface area contributed by atoms with Crippen LogP contribution < -0.4 is 0 Å². The van der Waals surface area contributed by atoms with Crippen molar-refractivity contribution < 1.29 is 14.6 Å². The zero-order chi connectivity index (χ0) is 19.5. The first-order chi connectivity index (χ1) is 13.6. The Bertz CT molecular complexity index is 787. The van der Waals surface area contributed by atoms with Crippen LogP contribution in [0, 0.1) is 0 Å². The summed E-state index contributed by atoms with van der Waals surface area (Å²) in [4.78, 5) is 14.8. The van der Waals surface area contributed by atoms with Gasteiger partial charge in [0.05, 0.1) is 6.10 Å². The predicted molar refractivity (Wildman–Crippen MR) is 110 cm³/mol. The van der Waals surface area contributed by atoms with Gasteiger partial charge in [0.1, 0.15) is 6.61 Å². The number of likely N-dealkylation sites (tertiary alicyclic amines) is 1. The van der Waals surface area contributed by atoms with Gasteiger partial charge in [0.25, 0.3) is 0 Å². The fourth-order valence-corrected chi connectivity index (χ4v) is 4.73. The second kappa shape index (κ2) is 8.36. The van der Waals surface area contributed by atoms with Crippen LogP contribution in [-0.4, -0.2) is 41.4 Å². The molecule has 4 rings (SSSR count). The van der Waals surface area contributed by atoms with Crippen LogP contribution >= 0.6 is 0 Å². The molecule has 4 nitrogen and oxygen atoms in total. The highest BCUT2D eigenvalue weighted by atomic mass is 16.6. The maximum absolute atomic E-state index is 12.9. The summed E-state index contributed by atoms with van der Waals surface area (Å²) in [5.41, 5.74) is 4.93. The maximum atomic E-state index is 12.9. The first kappa shape index (κ1) is 19.0. The third kappa shape index (κ3) is 3.79. The van der Waals surface area contributed by atoms with Crippen molar-refractivity contribution in [1.82, 2.24) is 4.90 Å². The molecule has 0 radical (unpaired) electrons. The van der Waals surface area contributed by atoms with Crippen molar-refractivity contribution >= 4 is 6.09 Å². The van der Waals surface area contributed by atoms with E-state index in [-0.39, 0.29) is 18.1 Å². The summed E-state index contributed by atoms with van der Waals surface area (Å²) in [7, 11) is 0. The number of ether oxygens (including phenoxy) is 1. The van der Waals surface area contributed by atoms with E-state index in [1.54, 1.807) is 6.92 Å². The van der Waals surface area contributed by atoms with Crippen LogP contribution in [0.15, 0.2) is 48.5 Å². The molecule has 0 bridgehead atoms. The highest BCUT2D eigenvalue weighted by molar-refractivity contribution is 5.79. The molecular weight excluding hydrogens is 350 g/mol. The van der Waals surface area contributed by atoms with Gasteiger partial charge in [-0.15, -0.1) is 0 Å². The molecule has 0 aromatic heterocycles. The summed E-state index contributed by atoms with van der Waals surface area (Å²) in [6.45, 7) is 2.86. The highest BCUT2D eigenvalue weighted by Gasteiger charge is 2.31. The Morgan fingerprint density at radius 2 is 1.71 bits per heavy atom. The first-order valence-electron chi connectivity index (χ1n) is 10.4. The minimum atomic E-state index is -0.410. The van der Waals surface area contributed by atoms with Gasteiger partial charge in [-0.25, -0.2) is 4.79 Å². The number of aliphatic hydroxyl groups excluding tert-OH is 1. The summed E-state index contributed by atoms with van der Waals surface area (Å²) in [6.07, 6.45) is 4.13. The van der Waals surface area contributed by atoms with E-state index in [0.717, 1.165) is 25.7 Å². The SMILES string of the molecule is CC(O)CC1CCCCCN1C(=O)OCC1c2ccccc2-c2ccccc21. The van der Waals surface area contributed by atoms with Gasteiger partial charge >= 0.3 is 6.09 Å². The molecule has 0 spiro atoms. The molecule has 1 aliphatic heterocycles. The van der Waals surface area contributed by atoms with Gasteiger partial charge in [0, 0.05) is 18.5 Å². The van der Waals surface area contributed by atoms with E-state index in [4.69, 9.17) is 4.74 Å². The van der Waals surface area contributed by atoms with E-state index in [1.165, 1.54) is 22.3 Å². The zero-order valence-electron chi connectivity index (χ0n) is 16.5. The summed E-state index contributed by atoms with van der Waals surface area (Å²) in [5, 5.41) is 9.84. The first-order valence-corrected chi connectivity index (χ1v) is 10.4. The number of amides is 1. The molecule has 1 amide bonds. The Kier molecular flexibility index (Phi) is 5.67. The second-order valence-corrected chi connectivity index (χ2v) is 8.09. The molecule has 1 fully saturated rings. The quantitative estimate of drug-likeness (QED) is 0.818. The van der Waals surface area contributed by atoms with Gasteiger partial charge in [-0.1, -0.05) is 61.4 Å². The summed E-state index contributed by atoms with van der Waals surface area (Å²) in [6, 6.07) is 16.8. The molecule has 1 N–H and O–H groups in total. The molecule has 4 heteroatoms. The van der Waals surface area contributed by atoms with Crippen molar-refractivity contribution in [2.45, 2.75) is 57.1 Å². The molecule has 1 saturated heterocycles. The van der Waals surface area contributed by atoms with Crippen LogP contribution in [0.5, 0.6) is 0 Å². The number of hydrogen-bond donors (Lipinski definition) is 1. The molecular formula is C24H29NO3. The lowest BCUT2D eigenvalue weighted by Crippen LogP contribution is -2.42. The maximum Gasteiger partial charge on any atom is 0.410 e. The summed E-state index contributed by atoms with van der Waals surface area (Å²) >= 11 is 0. The van der Waals surface area contributed by atoms with Crippen molar-refractivity contribution in [1.29, 1.82) is 0 Å². The van der Waals surface area contributed by atoms with Gasteiger partial charge in [-0.2, -0.15) is 0 Å². The predicted octanol–water partition coefficient (Wildman–Crippen LogP) is 4.95. The second-order valence-electron chi connectivity index (χ2n) is 8.09. The van der Waals surface area contributed by atoms with E-state index >= 15 is 0 Å². The van der Waals surface area contributed by atoms with Crippen LogP contribution in [0.4, 0.5) is 4.79 Å². The van der Waals surface area contributed by atoms with E-state index in [0.29, 0.717) is 19.6 Å². The Morgan fingerprint density at radius 3 is 2.36 bits per heavy atom. The highest BCUT2D eigenvalue weighted by Crippen LogP contribution is 2.44. The molecule has 1 heterocycles. The van der Waals surface area contributed by atoms with Crippen LogP contribution in [0.25, 0.3) is 11.1 Å². The lowest BCUT2D eigenvalue weighted by atomic mass is 9.98. The molecule has 1 aliphatic carbocycles. The summed E-state index contributed by atoms with van der Waals surface area (Å²) < 4.78 is 5.85. The van der Waals surface area contributed by atoms with Gasteiger partial charge in [-0.05, 0) is 48.4 Å². The zero-order valence-corrected chi connectivity index (χ0v) is 16.5. The fraction of sp³-hybridized carbons (Fsp3) is 0.458. The molecule has 28 heavy (non-hydrogen) atoms. The number of nitrogens with zero attached hydrogens (tertiary/aromatic N) is 1. The van der Waals surface area contributed by atoms with Crippen LogP contribution in [0.3, 0.4) is 0 Å². The lowest BCUT2D eigenvalue weighted by molar-refractivity contribution is 0.0689. The molecule has 2 aliphatic rings. The molecule has 148 valence electrons. The van der Waals surface area contributed by atoms with E-state index in [9.17, 15) is 9.90 Å². The van der Waals surface area contributed by atoms with Crippen LogP contribution in [0.1, 0.15) is 56.1 Å². The van der Waals surface area contributed by atoms with Crippen LogP contribution in [0.2, 0.25) is 0 Å². The summed E-state index contributed by atoms with van der Waals surface area (Å²) in [5.74, 6) is 0.0820. The average Bonchev–Trinajstić information content (AvgIpc) is 2.83. The number of hydrogen-bond acceptors (Lipinski definition) is 3. The lowest BCUT2D eigenvalue weighted by Gasteiger charge is -2.30. The van der Waals surface area contributed by atoms with E-state index in [2.05, 4.69) is 36.4 Å².